The Balaban J connectivity index is 1.41. The van der Waals surface area contributed by atoms with Crippen LogP contribution in [0.5, 0.6) is 5.75 Å². The number of hydrogen-bond acceptors (Lipinski definition) is 6. The molecule has 174 valence electrons. The molecule has 0 amide bonds. The van der Waals surface area contributed by atoms with Crippen molar-refractivity contribution in [2.24, 2.45) is 0 Å². The first kappa shape index (κ1) is 22.0. The van der Waals surface area contributed by atoms with E-state index >= 15 is 4.39 Å². The summed E-state index contributed by atoms with van der Waals surface area (Å²) < 4.78 is 22.1. The molecule has 4 aromatic rings. The van der Waals surface area contributed by atoms with Gasteiger partial charge >= 0.3 is 0 Å². The first-order valence-electron chi connectivity index (χ1n) is 11.4. The fraction of sp³-hybridized carbons (Fsp3) is 0.269. The maximum atomic E-state index is 15.0. The summed E-state index contributed by atoms with van der Waals surface area (Å²) in [6, 6.07) is 24.7. The minimum atomic E-state index is -0.377. The van der Waals surface area contributed by atoms with E-state index < -0.39 is 0 Å². The lowest BCUT2D eigenvalue weighted by atomic mass is 10.0. The lowest BCUT2D eigenvalue weighted by Crippen LogP contribution is -2.48. The van der Waals surface area contributed by atoms with Crippen LogP contribution in [0.25, 0.3) is 0 Å². The van der Waals surface area contributed by atoms with E-state index in [0.717, 1.165) is 43.2 Å². The van der Waals surface area contributed by atoms with E-state index in [1.54, 1.807) is 17.9 Å². The van der Waals surface area contributed by atoms with Gasteiger partial charge in [0.2, 0.25) is 0 Å². The largest absolute Gasteiger partial charge is 0.497 e. The Morgan fingerprint density at radius 3 is 2.29 bits per heavy atom. The van der Waals surface area contributed by atoms with Gasteiger partial charge in [-0.05, 0) is 46.3 Å². The lowest BCUT2D eigenvalue weighted by Gasteiger charge is -2.40. The molecule has 7 nitrogen and oxygen atoms in total. The molecule has 1 aliphatic heterocycles. The third-order valence-electron chi connectivity index (χ3n) is 6.30. The number of methoxy groups -OCH3 is 1. The molecule has 5 rings (SSSR count). The van der Waals surface area contributed by atoms with Crippen molar-refractivity contribution in [3.05, 3.63) is 102 Å². The van der Waals surface area contributed by atoms with Crippen LogP contribution in [0.2, 0.25) is 0 Å². The molecular weight excluding hydrogens is 431 g/mol. The molecule has 0 bridgehead atoms. The normalized spacial score (nSPS) is 15.3. The van der Waals surface area contributed by atoms with Gasteiger partial charge < -0.3 is 9.64 Å². The van der Waals surface area contributed by atoms with Crippen LogP contribution >= 0.6 is 0 Å². The molecule has 1 fully saturated rings. The Morgan fingerprint density at radius 1 is 0.882 bits per heavy atom. The van der Waals surface area contributed by atoms with E-state index in [2.05, 4.69) is 37.5 Å². The number of rotatable bonds is 7. The van der Waals surface area contributed by atoms with Crippen molar-refractivity contribution < 1.29 is 9.13 Å². The molecule has 0 N–H and O–H groups in total. The number of aromatic nitrogens is 4. The van der Waals surface area contributed by atoms with Crippen molar-refractivity contribution in [2.75, 3.05) is 38.2 Å². The minimum Gasteiger partial charge on any atom is -0.497 e. The Bertz CT molecular complexity index is 1210. The van der Waals surface area contributed by atoms with Crippen LogP contribution in [0.4, 0.5) is 10.1 Å². The number of anilines is 1. The van der Waals surface area contributed by atoms with Crippen molar-refractivity contribution >= 4 is 5.69 Å². The SMILES string of the molecule is COc1ccc(N2CCN([C@H](c3ccccc3F)c3nnnn3Cc3ccccc3)CC2)cc1. The van der Waals surface area contributed by atoms with E-state index in [9.17, 15) is 0 Å². The Labute approximate surface area is 198 Å². The predicted molar refractivity (Wildman–Crippen MR) is 128 cm³/mol. The van der Waals surface area contributed by atoms with Gasteiger partial charge in [0.25, 0.3) is 0 Å². The molecule has 1 aromatic heterocycles. The molecule has 3 aromatic carbocycles. The maximum Gasteiger partial charge on any atom is 0.173 e. The monoisotopic (exact) mass is 458 g/mol. The number of halogens is 1. The second-order valence-electron chi connectivity index (χ2n) is 8.33. The van der Waals surface area contributed by atoms with E-state index in [1.807, 2.05) is 54.6 Å². The molecular formula is C26H27FN6O. The van der Waals surface area contributed by atoms with E-state index in [4.69, 9.17) is 4.74 Å². The predicted octanol–water partition coefficient (Wildman–Crippen LogP) is 3.78. The van der Waals surface area contributed by atoms with Crippen LogP contribution in [0.1, 0.15) is 23.0 Å². The highest BCUT2D eigenvalue weighted by Gasteiger charge is 2.32. The highest BCUT2D eigenvalue weighted by molar-refractivity contribution is 5.49. The first-order chi connectivity index (χ1) is 16.7. The van der Waals surface area contributed by atoms with Crippen molar-refractivity contribution in [1.29, 1.82) is 0 Å². The van der Waals surface area contributed by atoms with Crippen LogP contribution in [-0.4, -0.2) is 58.4 Å². The highest BCUT2D eigenvalue weighted by atomic mass is 19.1. The second-order valence-corrected chi connectivity index (χ2v) is 8.33. The Morgan fingerprint density at radius 2 is 1.59 bits per heavy atom. The number of tetrazole rings is 1. The third kappa shape index (κ3) is 4.63. The summed E-state index contributed by atoms with van der Waals surface area (Å²) in [4.78, 5) is 4.60. The fourth-order valence-corrected chi connectivity index (χ4v) is 4.50. The van der Waals surface area contributed by atoms with Crippen LogP contribution in [-0.2, 0) is 6.54 Å². The average Bonchev–Trinajstić information content (AvgIpc) is 3.34. The topological polar surface area (TPSA) is 59.3 Å². The zero-order valence-electron chi connectivity index (χ0n) is 19.1. The van der Waals surface area contributed by atoms with E-state index in [1.165, 1.54) is 6.07 Å². The molecule has 0 aliphatic carbocycles. The lowest BCUT2D eigenvalue weighted by molar-refractivity contribution is 0.198. The molecule has 1 saturated heterocycles. The fourth-order valence-electron chi connectivity index (χ4n) is 4.50. The molecule has 2 heterocycles. The quantitative estimate of drug-likeness (QED) is 0.420. The van der Waals surface area contributed by atoms with Gasteiger partial charge in [-0.1, -0.05) is 48.5 Å². The number of hydrogen-bond donors (Lipinski definition) is 0. The van der Waals surface area contributed by atoms with Gasteiger partial charge in [-0.2, -0.15) is 0 Å². The summed E-state index contributed by atoms with van der Waals surface area (Å²) in [5, 5.41) is 12.6. The Kier molecular flexibility index (Phi) is 6.49. The van der Waals surface area contributed by atoms with E-state index in [0.29, 0.717) is 17.9 Å². The van der Waals surface area contributed by atoms with Crippen LogP contribution in [0, 0.1) is 5.82 Å². The summed E-state index contributed by atoms with van der Waals surface area (Å²) in [5.74, 6) is 1.23. The number of nitrogens with zero attached hydrogens (tertiary/aromatic N) is 6. The van der Waals surface area contributed by atoms with Gasteiger partial charge in [0.15, 0.2) is 5.82 Å². The molecule has 0 spiro atoms. The van der Waals surface area contributed by atoms with Crippen LogP contribution in [0.15, 0.2) is 78.9 Å². The molecule has 8 heteroatoms. The molecule has 1 atom stereocenters. The summed E-state index contributed by atoms with van der Waals surface area (Å²) in [6.45, 7) is 3.67. The molecule has 0 saturated carbocycles. The van der Waals surface area contributed by atoms with Gasteiger partial charge in [0, 0.05) is 37.4 Å². The number of piperazine rings is 1. The smallest absolute Gasteiger partial charge is 0.173 e. The van der Waals surface area contributed by atoms with Crippen LogP contribution in [0.3, 0.4) is 0 Å². The molecule has 34 heavy (non-hydrogen) atoms. The second kappa shape index (κ2) is 10.0. The summed E-state index contributed by atoms with van der Waals surface area (Å²) >= 11 is 0. The van der Waals surface area contributed by atoms with Crippen molar-refractivity contribution in [3.8, 4) is 5.75 Å². The number of benzene rings is 3. The third-order valence-corrected chi connectivity index (χ3v) is 6.30. The van der Waals surface area contributed by atoms with Crippen molar-refractivity contribution in [1.82, 2.24) is 25.1 Å². The minimum absolute atomic E-state index is 0.251. The van der Waals surface area contributed by atoms with Crippen molar-refractivity contribution in [2.45, 2.75) is 12.6 Å². The zero-order chi connectivity index (χ0) is 23.3. The van der Waals surface area contributed by atoms with Gasteiger partial charge in [0.1, 0.15) is 17.6 Å². The summed E-state index contributed by atoms with van der Waals surface area (Å²) in [6.07, 6.45) is 0. The summed E-state index contributed by atoms with van der Waals surface area (Å²) in [7, 11) is 1.67. The van der Waals surface area contributed by atoms with E-state index in [-0.39, 0.29) is 11.9 Å². The molecule has 0 unspecified atom stereocenters. The molecule has 1 aliphatic rings. The van der Waals surface area contributed by atoms with Gasteiger partial charge in [-0.25, -0.2) is 9.07 Å². The van der Waals surface area contributed by atoms with Gasteiger partial charge in [-0.15, -0.1) is 5.10 Å². The summed E-state index contributed by atoms with van der Waals surface area (Å²) in [5.41, 5.74) is 2.83. The average molecular weight is 459 g/mol. The Hall–Kier alpha value is -3.78. The number of ether oxygens (including phenoxy) is 1. The van der Waals surface area contributed by atoms with Crippen LogP contribution < -0.4 is 9.64 Å². The standard InChI is InChI=1S/C26H27FN6O/c1-34-22-13-11-21(12-14-22)31-15-17-32(18-16-31)25(23-9-5-6-10-24(23)27)26-28-29-30-33(26)19-20-7-3-2-4-8-20/h2-14,25H,15-19H2,1H3/t25-/m1/s1. The zero-order valence-corrected chi connectivity index (χ0v) is 19.1. The van der Waals surface area contributed by atoms with Gasteiger partial charge in [0.05, 0.1) is 13.7 Å². The molecule has 0 radical (unpaired) electrons. The first-order valence-corrected chi connectivity index (χ1v) is 11.4. The van der Waals surface area contributed by atoms with Gasteiger partial charge in [-0.3, -0.25) is 4.90 Å². The van der Waals surface area contributed by atoms with Crippen molar-refractivity contribution in [3.63, 3.8) is 0 Å². The maximum absolute atomic E-state index is 15.0. The highest BCUT2D eigenvalue weighted by Crippen LogP contribution is 2.31.